The first kappa shape index (κ1) is 39.7. The van der Waals surface area contributed by atoms with Gasteiger partial charge in [0, 0.05) is 25.7 Å². The molecule has 2 aliphatic rings. The van der Waals surface area contributed by atoms with Crippen LogP contribution in [0.4, 0.5) is 4.79 Å². The molecule has 2 rings (SSSR count). The zero-order chi connectivity index (χ0) is 34.8. The van der Waals surface area contributed by atoms with Crippen LogP contribution in [0.2, 0.25) is 0 Å². The average molecular weight is 681 g/mol. The molecule has 13 heteroatoms. The Labute approximate surface area is 284 Å². The number of rotatable bonds is 16. The second kappa shape index (κ2) is 17.6. The molecule has 5 N–H and O–H groups in total. The van der Waals surface area contributed by atoms with Crippen molar-refractivity contribution in [3.63, 3.8) is 0 Å². The first-order chi connectivity index (χ1) is 21.4. The van der Waals surface area contributed by atoms with E-state index < -0.39 is 47.2 Å². The van der Waals surface area contributed by atoms with Crippen molar-refractivity contribution in [2.24, 2.45) is 22.5 Å². The van der Waals surface area contributed by atoms with Crippen LogP contribution in [-0.2, 0) is 19.2 Å². The highest BCUT2D eigenvalue weighted by atomic mass is 32.2. The molecule has 1 saturated heterocycles. The standard InChI is InChI=1S/C33H56N6O5S2/c1-10-18-45-21(3)46-38(11-2)20-25(32(4,5)6)36-31(44)37-27(33(7,8)9)30(43)39-17-13-16-24(39)29(42)35-23(26(40)28(34)41)19-22-14-12-15-22/h10,18,22-25,27H,3,11-17,19-20H2,1-2,4-9H3,(H2,34,41)(H,35,42)(H2,36,37,44)/b18-10-. The summed E-state index contributed by atoms with van der Waals surface area (Å²) >= 11 is 3.09. The fourth-order valence-corrected chi connectivity index (χ4v) is 7.05. The highest BCUT2D eigenvalue weighted by molar-refractivity contribution is 8.22. The Morgan fingerprint density at radius 1 is 1.00 bits per heavy atom. The smallest absolute Gasteiger partial charge is 0.315 e. The summed E-state index contributed by atoms with van der Waals surface area (Å²) in [5, 5.41) is 10.7. The molecule has 0 aromatic heterocycles. The number of allylic oxidation sites excluding steroid dienone is 1. The lowest BCUT2D eigenvalue weighted by Gasteiger charge is -2.38. The number of nitrogens with zero attached hydrogens (tertiary/aromatic N) is 2. The number of nitrogens with two attached hydrogens (primary N) is 1. The number of likely N-dealkylation sites (N-methyl/N-ethyl adjacent to an activating group) is 1. The van der Waals surface area contributed by atoms with Crippen LogP contribution in [0.1, 0.15) is 93.9 Å². The number of hydrogen-bond donors (Lipinski definition) is 4. The highest BCUT2D eigenvalue weighted by Crippen LogP contribution is 2.33. The number of carbonyl (C=O) groups excluding carboxylic acids is 5. The molecule has 5 amide bonds. The lowest BCUT2D eigenvalue weighted by Crippen LogP contribution is -2.61. The van der Waals surface area contributed by atoms with Gasteiger partial charge in [-0.1, -0.05) is 92.1 Å². The third-order valence-electron chi connectivity index (χ3n) is 8.55. The van der Waals surface area contributed by atoms with E-state index in [0.717, 1.165) is 30.0 Å². The highest BCUT2D eigenvalue weighted by Gasteiger charge is 2.43. The van der Waals surface area contributed by atoms with Crippen LogP contribution in [0.3, 0.4) is 0 Å². The Kier molecular flexibility index (Phi) is 15.2. The van der Waals surface area contributed by atoms with E-state index in [4.69, 9.17) is 5.73 Å². The van der Waals surface area contributed by atoms with Crippen LogP contribution < -0.4 is 21.7 Å². The number of primary amides is 1. The van der Waals surface area contributed by atoms with Crippen molar-refractivity contribution in [2.45, 2.75) is 118 Å². The van der Waals surface area contributed by atoms with Gasteiger partial charge in [0.1, 0.15) is 12.1 Å². The Hall–Kier alpha value is -2.51. The van der Waals surface area contributed by atoms with Crippen molar-refractivity contribution in [2.75, 3.05) is 19.6 Å². The summed E-state index contributed by atoms with van der Waals surface area (Å²) < 4.78 is 3.07. The van der Waals surface area contributed by atoms with Crippen LogP contribution >= 0.6 is 23.7 Å². The van der Waals surface area contributed by atoms with Crippen LogP contribution in [0.25, 0.3) is 0 Å². The summed E-state index contributed by atoms with van der Waals surface area (Å²) in [5.74, 6) is -2.51. The van der Waals surface area contributed by atoms with Crippen LogP contribution in [0.5, 0.6) is 0 Å². The van der Waals surface area contributed by atoms with Gasteiger partial charge in [0.2, 0.25) is 17.6 Å². The van der Waals surface area contributed by atoms with Gasteiger partial charge in [0.25, 0.3) is 5.91 Å². The van der Waals surface area contributed by atoms with Crippen LogP contribution in [0.15, 0.2) is 22.3 Å². The van der Waals surface area contributed by atoms with Gasteiger partial charge in [-0.3, -0.25) is 19.2 Å². The maximum atomic E-state index is 14.1. The van der Waals surface area contributed by atoms with Crippen molar-refractivity contribution in [1.82, 2.24) is 25.2 Å². The number of nitrogens with one attached hydrogen (secondary N) is 3. The molecule has 1 saturated carbocycles. The molecule has 46 heavy (non-hydrogen) atoms. The van der Waals surface area contributed by atoms with E-state index in [1.165, 1.54) is 4.90 Å². The second-order valence-corrected chi connectivity index (χ2v) is 16.8. The summed E-state index contributed by atoms with van der Waals surface area (Å²) in [6, 6.07) is -3.48. The predicted molar refractivity (Wildman–Crippen MR) is 187 cm³/mol. The minimum atomic E-state index is -1.08. The molecular weight excluding hydrogens is 625 g/mol. The zero-order valence-electron chi connectivity index (χ0n) is 28.9. The molecule has 0 aromatic carbocycles. The van der Waals surface area contributed by atoms with Crippen molar-refractivity contribution < 1.29 is 24.0 Å². The van der Waals surface area contributed by atoms with E-state index in [2.05, 4.69) is 54.5 Å². The van der Waals surface area contributed by atoms with Gasteiger partial charge in [-0.25, -0.2) is 9.10 Å². The third-order valence-corrected chi connectivity index (χ3v) is 10.6. The maximum Gasteiger partial charge on any atom is 0.315 e. The Morgan fingerprint density at radius 3 is 2.15 bits per heavy atom. The van der Waals surface area contributed by atoms with E-state index in [-0.39, 0.29) is 23.3 Å². The van der Waals surface area contributed by atoms with Gasteiger partial charge in [0.15, 0.2) is 0 Å². The Bertz CT molecular complexity index is 1140. The maximum absolute atomic E-state index is 14.1. The van der Waals surface area contributed by atoms with Gasteiger partial charge in [-0.2, -0.15) is 0 Å². The molecule has 1 heterocycles. The number of Topliss-reactive ketones (excluding diaryl/α,β-unsaturated/α-hetero) is 1. The molecule has 0 bridgehead atoms. The molecule has 4 atom stereocenters. The van der Waals surface area contributed by atoms with Crippen molar-refractivity contribution in [3.8, 4) is 0 Å². The largest absolute Gasteiger partial charge is 0.363 e. The molecular formula is C33H56N6O5S2. The van der Waals surface area contributed by atoms with E-state index >= 15 is 0 Å². The zero-order valence-corrected chi connectivity index (χ0v) is 30.6. The van der Waals surface area contributed by atoms with Gasteiger partial charge < -0.3 is 26.6 Å². The number of carbonyl (C=O) groups is 5. The number of likely N-dealkylation sites (tertiary alicyclic amines) is 1. The minimum absolute atomic E-state index is 0.249. The number of amides is 5. The average Bonchev–Trinajstić information content (AvgIpc) is 3.43. The van der Waals surface area contributed by atoms with Gasteiger partial charge in [-0.15, -0.1) is 0 Å². The van der Waals surface area contributed by atoms with Crippen LogP contribution in [-0.4, -0.2) is 82.5 Å². The van der Waals surface area contributed by atoms with Crippen molar-refractivity contribution >= 4 is 53.2 Å². The fraction of sp³-hybridized carbons (Fsp3) is 0.727. The van der Waals surface area contributed by atoms with E-state index in [1.54, 1.807) is 23.7 Å². The van der Waals surface area contributed by atoms with Crippen molar-refractivity contribution in [3.05, 3.63) is 22.3 Å². The summed E-state index contributed by atoms with van der Waals surface area (Å²) in [7, 11) is 0. The first-order valence-electron chi connectivity index (χ1n) is 16.3. The lowest BCUT2D eigenvalue weighted by molar-refractivity contribution is -0.143. The predicted octanol–water partition coefficient (Wildman–Crippen LogP) is 4.54. The summed E-state index contributed by atoms with van der Waals surface area (Å²) in [6.45, 7) is 21.5. The Balaban J connectivity index is 2.17. The van der Waals surface area contributed by atoms with E-state index in [9.17, 15) is 24.0 Å². The summed E-state index contributed by atoms with van der Waals surface area (Å²) in [4.78, 5) is 66.8. The number of hydrogen-bond acceptors (Lipinski definition) is 8. The number of ketones is 1. The lowest BCUT2D eigenvalue weighted by atomic mass is 9.80. The molecule has 0 radical (unpaired) electrons. The molecule has 1 aliphatic carbocycles. The molecule has 0 aromatic rings. The topological polar surface area (TPSA) is 154 Å². The summed E-state index contributed by atoms with van der Waals surface area (Å²) in [6.07, 6.45) is 6.24. The van der Waals surface area contributed by atoms with Crippen LogP contribution in [0, 0.1) is 16.7 Å². The van der Waals surface area contributed by atoms with Gasteiger partial charge in [0.05, 0.1) is 10.3 Å². The third kappa shape index (κ3) is 11.9. The first-order valence-corrected chi connectivity index (χ1v) is 17.9. The molecule has 260 valence electrons. The normalized spacial score (nSPS) is 19.3. The van der Waals surface area contributed by atoms with E-state index in [0.29, 0.717) is 32.4 Å². The molecule has 4 unspecified atom stereocenters. The molecule has 11 nitrogen and oxygen atoms in total. The molecule has 2 fully saturated rings. The van der Waals surface area contributed by atoms with Gasteiger partial charge in [-0.05, 0) is 60.3 Å². The van der Waals surface area contributed by atoms with E-state index in [1.807, 2.05) is 39.2 Å². The van der Waals surface area contributed by atoms with Crippen molar-refractivity contribution in [1.29, 1.82) is 0 Å². The quantitative estimate of drug-likeness (QED) is 0.137. The molecule has 0 spiro atoms. The SMILES string of the molecule is C=C(S/C=C\C)SN(CC)CC(NC(=O)NC(C(=O)N1CCCC1C(=O)NC(CC1CCC1)C(=O)C(N)=O)C(C)(C)C)C(C)(C)C. The summed E-state index contributed by atoms with van der Waals surface area (Å²) in [5.41, 5.74) is 4.32. The minimum Gasteiger partial charge on any atom is -0.363 e. The monoisotopic (exact) mass is 680 g/mol. The Morgan fingerprint density at radius 2 is 1.65 bits per heavy atom. The number of urea groups is 1. The molecule has 1 aliphatic heterocycles. The van der Waals surface area contributed by atoms with Gasteiger partial charge >= 0.3 is 6.03 Å². The second-order valence-electron chi connectivity index (χ2n) is 14.4. The number of thioether (sulfide) groups is 1. The fourth-order valence-electron chi connectivity index (χ4n) is 5.46.